The molecule has 2 aromatic heterocycles. The van der Waals surface area contributed by atoms with E-state index in [0.29, 0.717) is 30.3 Å². The number of aryl methyl sites for hydroxylation is 1. The van der Waals surface area contributed by atoms with Crippen molar-refractivity contribution in [3.63, 3.8) is 0 Å². The quantitative estimate of drug-likeness (QED) is 0.832. The first-order valence-electron chi connectivity index (χ1n) is 6.61. The maximum absolute atomic E-state index is 12.3. The highest BCUT2D eigenvalue weighted by Gasteiger charge is 2.17. The molecule has 0 radical (unpaired) electrons. The lowest BCUT2D eigenvalue weighted by Gasteiger charge is -2.06. The van der Waals surface area contributed by atoms with E-state index in [2.05, 4.69) is 10.3 Å². The third kappa shape index (κ3) is 3.11. The Hall–Kier alpha value is -1.59. The third-order valence-electron chi connectivity index (χ3n) is 3.02. The van der Waals surface area contributed by atoms with Gasteiger partial charge in [0.2, 0.25) is 0 Å². The number of rotatable bonds is 6. The molecule has 2 rings (SSSR count). The minimum Gasteiger partial charge on any atom is -0.385 e. The minimum absolute atomic E-state index is 0.132. The van der Waals surface area contributed by atoms with E-state index in [1.807, 2.05) is 13.0 Å². The van der Waals surface area contributed by atoms with Crippen LogP contribution in [0, 0.1) is 0 Å². The van der Waals surface area contributed by atoms with E-state index < -0.39 is 0 Å². The van der Waals surface area contributed by atoms with Crippen LogP contribution in [0.5, 0.6) is 0 Å². The molecule has 5 nitrogen and oxygen atoms in total. The number of nitrogens with zero attached hydrogens (tertiary/aromatic N) is 2. The van der Waals surface area contributed by atoms with Gasteiger partial charge in [0.1, 0.15) is 11.3 Å². The van der Waals surface area contributed by atoms with Crippen LogP contribution in [0.4, 0.5) is 0 Å². The number of halogens is 1. The summed E-state index contributed by atoms with van der Waals surface area (Å²) in [6.07, 6.45) is 3.19. The van der Waals surface area contributed by atoms with Gasteiger partial charge < -0.3 is 10.1 Å². The molecule has 20 heavy (non-hydrogen) atoms. The van der Waals surface area contributed by atoms with E-state index in [9.17, 15) is 4.79 Å². The van der Waals surface area contributed by atoms with Crippen LogP contribution in [0.2, 0.25) is 5.02 Å². The maximum Gasteiger partial charge on any atom is 0.270 e. The number of nitrogens with one attached hydrogen (secondary N) is 1. The predicted octanol–water partition coefficient (Wildman–Crippen LogP) is 2.32. The van der Waals surface area contributed by atoms with Crippen molar-refractivity contribution in [1.82, 2.24) is 14.7 Å². The van der Waals surface area contributed by atoms with Crippen molar-refractivity contribution < 1.29 is 9.53 Å². The van der Waals surface area contributed by atoms with Crippen LogP contribution in [-0.4, -0.2) is 35.6 Å². The monoisotopic (exact) mass is 295 g/mol. The molecule has 0 aliphatic heterocycles. The molecule has 2 aromatic rings. The Bertz CT molecular complexity index is 610. The normalized spacial score (nSPS) is 10.9. The summed E-state index contributed by atoms with van der Waals surface area (Å²) in [5.74, 6) is -0.132. The molecular formula is C14H18ClN3O2. The van der Waals surface area contributed by atoms with Gasteiger partial charge in [-0.2, -0.15) is 0 Å². The standard InChI is InChI=1S/C14H18ClN3O2/c1-3-11-13(14(19)16-7-4-8-20-2)18-9-10(15)5-6-12(18)17-11/h5-6,9H,3-4,7-8H2,1-2H3,(H,16,19). The number of fused-ring (bicyclic) bond motifs is 1. The number of aromatic nitrogens is 2. The summed E-state index contributed by atoms with van der Waals surface area (Å²) in [6.45, 7) is 3.18. The van der Waals surface area contributed by atoms with Gasteiger partial charge in [-0.1, -0.05) is 18.5 Å². The van der Waals surface area contributed by atoms with Crippen molar-refractivity contribution in [3.8, 4) is 0 Å². The van der Waals surface area contributed by atoms with Crippen LogP contribution in [0.1, 0.15) is 29.5 Å². The first kappa shape index (κ1) is 14.8. The van der Waals surface area contributed by atoms with Crippen LogP contribution in [-0.2, 0) is 11.2 Å². The van der Waals surface area contributed by atoms with Gasteiger partial charge in [0.25, 0.3) is 5.91 Å². The average molecular weight is 296 g/mol. The number of pyridine rings is 1. The molecule has 0 aromatic carbocycles. The fourth-order valence-corrected chi connectivity index (χ4v) is 2.22. The molecule has 6 heteroatoms. The number of carbonyl (C=O) groups is 1. The Balaban J connectivity index is 2.26. The Morgan fingerprint density at radius 3 is 3.00 bits per heavy atom. The summed E-state index contributed by atoms with van der Waals surface area (Å²) in [7, 11) is 1.64. The number of hydrogen-bond acceptors (Lipinski definition) is 3. The lowest BCUT2D eigenvalue weighted by molar-refractivity contribution is 0.0942. The summed E-state index contributed by atoms with van der Waals surface area (Å²) in [6, 6.07) is 3.58. The van der Waals surface area contributed by atoms with Crippen LogP contribution in [0.3, 0.4) is 0 Å². The van der Waals surface area contributed by atoms with Crippen molar-refractivity contribution in [2.45, 2.75) is 19.8 Å². The van der Waals surface area contributed by atoms with E-state index >= 15 is 0 Å². The van der Waals surface area contributed by atoms with Crippen LogP contribution >= 0.6 is 11.6 Å². The van der Waals surface area contributed by atoms with Crippen molar-refractivity contribution in [2.75, 3.05) is 20.3 Å². The van der Waals surface area contributed by atoms with Crippen molar-refractivity contribution in [2.24, 2.45) is 0 Å². The molecule has 1 N–H and O–H groups in total. The maximum atomic E-state index is 12.3. The van der Waals surface area contributed by atoms with Gasteiger partial charge in [0.05, 0.1) is 10.7 Å². The zero-order valence-electron chi connectivity index (χ0n) is 11.6. The number of ether oxygens (including phenoxy) is 1. The molecular weight excluding hydrogens is 278 g/mol. The number of imidazole rings is 1. The van der Waals surface area contributed by atoms with Gasteiger partial charge in [-0.3, -0.25) is 9.20 Å². The molecule has 0 atom stereocenters. The smallest absolute Gasteiger partial charge is 0.270 e. The molecule has 2 heterocycles. The zero-order valence-corrected chi connectivity index (χ0v) is 12.4. The second-order valence-corrected chi connectivity index (χ2v) is 4.87. The number of hydrogen-bond donors (Lipinski definition) is 1. The van der Waals surface area contributed by atoms with E-state index in [1.165, 1.54) is 0 Å². The molecule has 1 amide bonds. The first-order chi connectivity index (χ1) is 9.67. The number of methoxy groups -OCH3 is 1. The van der Waals surface area contributed by atoms with Gasteiger partial charge >= 0.3 is 0 Å². The largest absolute Gasteiger partial charge is 0.385 e. The van der Waals surface area contributed by atoms with Gasteiger partial charge in [-0.15, -0.1) is 0 Å². The summed E-state index contributed by atoms with van der Waals surface area (Å²) in [4.78, 5) is 16.8. The fraction of sp³-hybridized carbons (Fsp3) is 0.429. The topological polar surface area (TPSA) is 55.6 Å². The van der Waals surface area contributed by atoms with Gasteiger partial charge in [0, 0.05) is 26.5 Å². The average Bonchev–Trinajstić information content (AvgIpc) is 2.81. The SMILES string of the molecule is CCc1nc2ccc(Cl)cn2c1C(=O)NCCCOC. The number of amides is 1. The molecule has 0 bridgehead atoms. The van der Waals surface area contributed by atoms with E-state index in [0.717, 1.165) is 17.8 Å². The Kier molecular flexibility index (Phi) is 4.98. The summed E-state index contributed by atoms with van der Waals surface area (Å²) in [5.41, 5.74) is 2.06. The summed E-state index contributed by atoms with van der Waals surface area (Å²) >= 11 is 6.00. The lowest BCUT2D eigenvalue weighted by atomic mass is 10.2. The van der Waals surface area contributed by atoms with E-state index in [1.54, 1.807) is 23.8 Å². The van der Waals surface area contributed by atoms with Gasteiger partial charge in [0.15, 0.2) is 0 Å². The van der Waals surface area contributed by atoms with Gasteiger partial charge in [-0.25, -0.2) is 4.98 Å². The molecule has 0 spiro atoms. The van der Waals surface area contributed by atoms with Crippen LogP contribution in [0.15, 0.2) is 18.3 Å². The Labute approximate surface area is 122 Å². The van der Waals surface area contributed by atoms with Crippen molar-refractivity contribution in [1.29, 1.82) is 0 Å². The number of carbonyl (C=O) groups excluding carboxylic acids is 1. The summed E-state index contributed by atoms with van der Waals surface area (Å²) < 4.78 is 6.70. The second kappa shape index (κ2) is 6.72. The molecule has 0 unspecified atom stereocenters. The summed E-state index contributed by atoms with van der Waals surface area (Å²) in [5, 5.41) is 3.46. The lowest BCUT2D eigenvalue weighted by Crippen LogP contribution is -2.27. The second-order valence-electron chi connectivity index (χ2n) is 4.44. The minimum atomic E-state index is -0.132. The Morgan fingerprint density at radius 2 is 2.30 bits per heavy atom. The van der Waals surface area contributed by atoms with Crippen LogP contribution in [0.25, 0.3) is 5.65 Å². The first-order valence-corrected chi connectivity index (χ1v) is 6.98. The zero-order chi connectivity index (χ0) is 14.5. The van der Waals surface area contributed by atoms with Crippen molar-refractivity contribution in [3.05, 3.63) is 34.7 Å². The molecule has 108 valence electrons. The molecule has 0 fully saturated rings. The van der Waals surface area contributed by atoms with Crippen LogP contribution < -0.4 is 5.32 Å². The van der Waals surface area contributed by atoms with Gasteiger partial charge in [-0.05, 0) is 25.0 Å². The molecule has 0 saturated heterocycles. The predicted molar refractivity (Wildman–Crippen MR) is 78.4 cm³/mol. The molecule has 0 aliphatic rings. The molecule has 0 saturated carbocycles. The highest BCUT2D eigenvalue weighted by molar-refractivity contribution is 6.30. The fourth-order valence-electron chi connectivity index (χ4n) is 2.06. The van der Waals surface area contributed by atoms with E-state index in [-0.39, 0.29) is 5.91 Å². The highest BCUT2D eigenvalue weighted by Crippen LogP contribution is 2.17. The highest BCUT2D eigenvalue weighted by atomic mass is 35.5. The Morgan fingerprint density at radius 1 is 1.50 bits per heavy atom. The van der Waals surface area contributed by atoms with Crippen molar-refractivity contribution >= 4 is 23.2 Å². The van der Waals surface area contributed by atoms with E-state index in [4.69, 9.17) is 16.3 Å². The molecule has 0 aliphatic carbocycles. The third-order valence-corrected chi connectivity index (χ3v) is 3.24.